The fourth-order valence-corrected chi connectivity index (χ4v) is 1.44. The number of ether oxygens (including phenoxy) is 1. The van der Waals surface area contributed by atoms with Crippen molar-refractivity contribution in [2.24, 2.45) is 0 Å². The molecule has 1 heterocycles. The van der Waals surface area contributed by atoms with Crippen LogP contribution in [0.25, 0.3) is 0 Å². The number of hydrogen-bond donors (Lipinski definition) is 1. The first kappa shape index (κ1) is 11.7. The van der Waals surface area contributed by atoms with Gasteiger partial charge in [-0.3, -0.25) is 4.68 Å². The number of aromatic nitrogens is 3. The minimum atomic E-state index is -0.431. The molecule has 0 aliphatic rings. The van der Waals surface area contributed by atoms with E-state index in [1.807, 2.05) is 30.3 Å². The summed E-state index contributed by atoms with van der Waals surface area (Å²) in [5.74, 6) is 0.803. The fourth-order valence-electron chi connectivity index (χ4n) is 1.44. The van der Waals surface area contributed by atoms with Crippen LogP contribution in [0.3, 0.4) is 0 Å². The van der Waals surface area contributed by atoms with Gasteiger partial charge in [0.25, 0.3) is 0 Å². The average molecular weight is 231 g/mol. The summed E-state index contributed by atoms with van der Waals surface area (Å²) in [6.07, 6.45) is 2.22. The molecule has 1 N–H and O–H groups in total. The zero-order valence-corrected chi connectivity index (χ0v) is 9.65. The molecule has 0 saturated carbocycles. The Kier molecular flexibility index (Phi) is 3.77. The molecule has 0 fully saturated rings. The summed E-state index contributed by atoms with van der Waals surface area (Å²) in [6.45, 7) is 1.66. The van der Waals surface area contributed by atoms with E-state index in [-0.39, 0.29) is 0 Å². The molecule has 5 nitrogen and oxygen atoms in total. The minimum Gasteiger partial charge on any atom is -0.487 e. The lowest BCUT2D eigenvalue weighted by molar-refractivity contribution is 0.301. The Labute approximate surface area is 100 Å². The molecule has 2 aromatic rings. The first-order valence-electron chi connectivity index (χ1n) is 5.49. The van der Waals surface area contributed by atoms with Crippen LogP contribution in [0.5, 0.6) is 5.75 Å². The van der Waals surface area contributed by atoms with Gasteiger partial charge in [0.2, 0.25) is 0 Å². The number of benzene rings is 1. The van der Waals surface area contributed by atoms with Gasteiger partial charge < -0.3 is 9.76 Å². The van der Waals surface area contributed by atoms with Crippen LogP contribution in [0.4, 0.5) is 0 Å². The number of rotatable bonds is 5. The molecule has 0 spiro atoms. The van der Waals surface area contributed by atoms with Crippen molar-refractivity contribution in [3.63, 3.8) is 0 Å². The van der Waals surface area contributed by atoms with Gasteiger partial charge in [0.15, 0.2) is 0 Å². The Balaban J connectivity index is 1.89. The van der Waals surface area contributed by atoms with Crippen molar-refractivity contribution in [3.8, 4) is 5.75 Å². The van der Waals surface area contributed by atoms with Gasteiger partial charge in [0.05, 0.1) is 6.20 Å². The van der Waals surface area contributed by atoms with E-state index in [4.69, 9.17) is 4.74 Å². The Morgan fingerprint density at radius 1 is 1.35 bits per heavy atom. The third kappa shape index (κ3) is 3.60. The summed E-state index contributed by atoms with van der Waals surface area (Å²) < 4.78 is 7.14. The number of hydrogen-bond acceptors (Lipinski definition) is 4. The molecule has 0 bridgehead atoms. The molecule has 0 atom stereocenters. The maximum absolute atomic E-state index is 9.20. The first-order valence-corrected chi connectivity index (χ1v) is 5.49. The summed E-state index contributed by atoms with van der Waals surface area (Å²) in [4.78, 5) is 0. The number of para-hydroxylation sites is 1. The van der Waals surface area contributed by atoms with Crippen LogP contribution in [0.2, 0.25) is 6.82 Å². The highest BCUT2D eigenvalue weighted by Gasteiger charge is 2.06. The summed E-state index contributed by atoms with van der Waals surface area (Å²) in [5.41, 5.74) is 0.745. The predicted octanol–water partition coefficient (Wildman–Crippen LogP) is 1.01. The van der Waals surface area contributed by atoms with Crippen molar-refractivity contribution in [3.05, 3.63) is 42.2 Å². The van der Waals surface area contributed by atoms with E-state index in [1.54, 1.807) is 17.7 Å². The molecule has 0 unspecified atom stereocenters. The molecule has 17 heavy (non-hydrogen) atoms. The van der Waals surface area contributed by atoms with Gasteiger partial charge in [0, 0.05) is 6.44 Å². The van der Waals surface area contributed by atoms with Crippen LogP contribution in [0.15, 0.2) is 36.5 Å². The second-order valence-corrected chi connectivity index (χ2v) is 3.88. The normalized spacial score (nSPS) is 10.2. The standard InChI is InChI=1S/C11H14BN3O2/c1-12(16)9-15-7-10(13-14-15)8-17-11-5-3-2-4-6-11/h2-7,16H,8-9H2,1H3. The van der Waals surface area contributed by atoms with Gasteiger partial charge in [-0.2, -0.15) is 0 Å². The molecular formula is C11H14BN3O2. The minimum absolute atomic E-state index is 0.379. The van der Waals surface area contributed by atoms with Crippen LogP contribution < -0.4 is 4.74 Å². The van der Waals surface area contributed by atoms with Crippen LogP contribution in [0.1, 0.15) is 5.69 Å². The van der Waals surface area contributed by atoms with Gasteiger partial charge >= 0.3 is 6.92 Å². The van der Waals surface area contributed by atoms with E-state index >= 15 is 0 Å². The van der Waals surface area contributed by atoms with E-state index < -0.39 is 6.92 Å². The van der Waals surface area contributed by atoms with E-state index in [0.717, 1.165) is 11.4 Å². The van der Waals surface area contributed by atoms with Crippen molar-refractivity contribution in [2.45, 2.75) is 19.9 Å². The molecule has 0 saturated heterocycles. The van der Waals surface area contributed by atoms with Crippen molar-refractivity contribution < 1.29 is 9.76 Å². The van der Waals surface area contributed by atoms with Crippen molar-refractivity contribution >= 4 is 6.92 Å². The van der Waals surface area contributed by atoms with E-state index in [9.17, 15) is 5.02 Å². The largest absolute Gasteiger partial charge is 0.487 e. The van der Waals surface area contributed by atoms with Crippen LogP contribution in [0, 0.1) is 0 Å². The van der Waals surface area contributed by atoms with Crippen LogP contribution in [-0.2, 0) is 13.1 Å². The molecule has 0 aliphatic heterocycles. The van der Waals surface area contributed by atoms with Crippen molar-refractivity contribution in [1.82, 2.24) is 15.0 Å². The lowest BCUT2D eigenvalue weighted by atomic mass is 9.72. The summed E-state index contributed by atoms with van der Waals surface area (Å²) in [7, 11) is 0. The summed E-state index contributed by atoms with van der Waals surface area (Å²) >= 11 is 0. The van der Waals surface area contributed by atoms with E-state index in [0.29, 0.717) is 13.1 Å². The third-order valence-electron chi connectivity index (χ3n) is 2.17. The highest BCUT2D eigenvalue weighted by molar-refractivity contribution is 6.47. The Morgan fingerprint density at radius 3 is 2.82 bits per heavy atom. The second kappa shape index (κ2) is 5.49. The zero-order chi connectivity index (χ0) is 12.1. The quantitative estimate of drug-likeness (QED) is 0.780. The smallest absolute Gasteiger partial charge is 0.308 e. The molecule has 1 aromatic heterocycles. The molecule has 0 amide bonds. The molecule has 0 radical (unpaired) electrons. The van der Waals surface area contributed by atoms with Gasteiger partial charge in [-0.1, -0.05) is 30.2 Å². The van der Waals surface area contributed by atoms with Crippen LogP contribution >= 0.6 is 0 Å². The van der Waals surface area contributed by atoms with E-state index in [2.05, 4.69) is 10.3 Å². The monoisotopic (exact) mass is 231 g/mol. The Morgan fingerprint density at radius 2 is 2.12 bits per heavy atom. The maximum atomic E-state index is 9.20. The lowest BCUT2D eigenvalue weighted by Gasteiger charge is -2.02. The highest BCUT2D eigenvalue weighted by atomic mass is 16.5. The SMILES string of the molecule is CB(O)Cn1cc(COc2ccccc2)nn1. The highest BCUT2D eigenvalue weighted by Crippen LogP contribution is 2.10. The van der Waals surface area contributed by atoms with Gasteiger partial charge in [-0.15, -0.1) is 5.10 Å². The second-order valence-electron chi connectivity index (χ2n) is 3.88. The topological polar surface area (TPSA) is 60.2 Å². The van der Waals surface area contributed by atoms with Crippen LogP contribution in [-0.4, -0.2) is 26.9 Å². The number of nitrogens with zero attached hydrogens (tertiary/aromatic N) is 3. The zero-order valence-electron chi connectivity index (χ0n) is 9.65. The first-order chi connectivity index (χ1) is 8.24. The molecule has 6 heteroatoms. The van der Waals surface area contributed by atoms with Gasteiger partial charge in [-0.05, 0) is 12.1 Å². The maximum Gasteiger partial charge on any atom is 0.308 e. The third-order valence-corrected chi connectivity index (χ3v) is 2.17. The fraction of sp³-hybridized carbons (Fsp3) is 0.273. The Hall–Kier alpha value is -1.82. The van der Waals surface area contributed by atoms with Gasteiger partial charge in [-0.25, -0.2) is 0 Å². The molecule has 2 rings (SSSR count). The molecule has 88 valence electrons. The molecule has 0 aliphatic carbocycles. The van der Waals surface area contributed by atoms with Crippen molar-refractivity contribution in [2.75, 3.05) is 0 Å². The van der Waals surface area contributed by atoms with E-state index in [1.165, 1.54) is 0 Å². The molecular weight excluding hydrogens is 217 g/mol. The molecule has 1 aromatic carbocycles. The van der Waals surface area contributed by atoms with Gasteiger partial charge in [0.1, 0.15) is 18.1 Å². The predicted molar refractivity (Wildman–Crippen MR) is 64.6 cm³/mol. The Bertz CT molecular complexity index is 459. The average Bonchev–Trinajstić information content (AvgIpc) is 2.75. The summed E-state index contributed by atoms with van der Waals surface area (Å²) in [5, 5.41) is 17.1. The summed E-state index contributed by atoms with van der Waals surface area (Å²) in [6, 6.07) is 9.55. The lowest BCUT2D eigenvalue weighted by Crippen LogP contribution is -2.16. The van der Waals surface area contributed by atoms with Crippen molar-refractivity contribution in [1.29, 1.82) is 0 Å².